The number of alkyl carbamates (subject to hydrolysis) is 1. The van der Waals surface area contributed by atoms with Gasteiger partial charge in [0.25, 0.3) is 0 Å². The van der Waals surface area contributed by atoms with Crippen molar-refractivity contribution >= 4 is 12.1 Å². The standard InChI is InChI=1S/C17H18N2O3/c20-16(18-12-11-14-7-3-1-4-8-14)19-17(21)22-13-15-9-5-2-6-10-15/h1-10H,11-13H2,(H2,18,19,20,21). The van der Waals surface area contributed by atoms with Gasteiger partial charge < -0.3 is 10.1 Å². The molecule has 0 fully saturated rings. The highest BCUT2D eigenvalue weighted by Gasteiger charge is 2.08. The number of nitrogens with one attached hydrogen (secondary N) is 2. The van der Waals surface area contributed by atoms with Gasteiger partial charge >= 0.3 is 12.1 Å². The number of hydrogen-bond donors (Lipinski definition) is 2. The third-order valence-corrected chi connectivity index (χ3v) is 2.97. The van der Waals surface area contributed by atoms with Crippen LogP contribution >= 0.6 is 0 Å². The predicted octanol–water partition coefficient (Wildman–Crippen LogP) is 2.87. The van der Waals surface area contributed by atoms with E-state index in [2.05, 4.69) is 10.6 Å². The summed E-state index contributed by atoms with van der Waals surface area (Å²) >= 11 is 0. The van der Waals surface area contributed by atoms with E-state index in [0.717, 1.165) is 11.1 Å². The normalized spacial score (nSPS) is 9.82. The summed E-state index contributed by atoms with van der Waals surface area (Å²) in [5, 5.41) is 4.73. The molecule has 0 atom stereocenters. The molecule has 0 saturated carbocycles. The Balaban J connectivity index is 1.63. The summed E-state index contributed by atoms with van der Waals surface area (Å²) in [5.41, 5.74) is 1.98. The van der Waals surface area contributed by atoms with Gasteiger partial charge in [-0.05, 0) is 17.5 Å². The summed E-state index contributed by atoms with van der Waals surface area (Å²) in [7, 11) is 0. The topological polar surface area (TPSA) is 67.4 Å². The minimum Gasteiger partial charge on any atom is -0.444 e. The molecule has 5 heteroatoms. The van der Waals surface area contributed by atoms with Gasteiger partial charge in [-0.2, -0.15) is 0 Å². The molecule has 5 nitrogen and oxygen atoms in total. The Morgan fingerprint density at radius 3 is 2.09 bits per heavy atom. The summed E-state index contributed by atoms with van der Waals surface area (Å²) in [4.78, 5) is 23.0. The van der Waals surface area contributed by atoms with Crippen molar-refractivity contribution in [2.24, 2.45) is 0 Å². The molecule has 0 aromatic heterocycles. The van der Waals surface area contributed by atoms with Crippen molar-refractivity contribution in [1.29, 1.82) is 0 Å². The summed E-state index contributed by atoms with van der Waals surface area (Å²) in [6.07, 6.45) is -0.0612. The smallest absolute Gasteiger partial charge is 0.415 e. The molecule has 2 aromatic carbocycles. The molecule has 2 N–H and O–H groups in total. The van der Waals surface area contributed by atoms with E-state index in [1.165, 1.54) is 0 Å². The van der Waals surface area contributed by atoms with E-state index in [1.54, 1.807) is 0 Å². The molecule has 3 amide bonds. The third kappa shape index (κ3) is 5.66. The number of benzene rings is 2. The van der Waals surface area contributed by atoms with Gasteiger partial charge in [-0.25, -0.2) is 14.9 Å². The number of carbonyl (C=O) groups excluding carboxylic acids is 2. The molecule has 0 aliphatic rings. The minimum atomic E-state index is -0.763. The van der Waals surface area contributed by atoms with Crippen LogP contribution in [-0.4, -0.2) is 18.7 Å². The molecular formula is C17H18N2O3. The zero-order chi connectivity index (χ0) is 15.6. The van der Waals surface area contributed by atoms with Gasteiger partial charge in [0.1, 0.15) is 6.61 Å². The SMILES string of the molecule is O=C(NCCc1ccccc1)NC(=O)OCc1ccccc1. The highest BCUT2D eigenvalue weighted by Crippen LogP contribution is 2.00. The molecule has 0 aliphatic heterocycles. The lowest BCUT2D eigenvalue weighted by Gasteiger charge is -2.08. The van der Waals surface area contributed by atoms with Crippen LogP contribution in [0.3, 0.4) is 0 Å². The van der Waals surface area contributed by atoms with Gasteiger partial charge in [0.15, 0.2) is 0 Å². The van der Waals surface area contributed by atoms with Crippen LogP contribution in [0.1, 0.15) is 11.1 Å². The molecule has 22 heavy (non-hydrogen) atoms. The zero-order valence-corrected chi connectivity index (χ0v) is 12.1. The minimum absolute atomic E-state index is 0.129. The number of urea groups is 1. The van der Waals surface area contributed by atoms with Crippen LogP contribution in [0.4, 0.5) is 9.59 Å². The van der Waals surface area contributed by atoms with Gasteiger partial charge in [0.05, 0.1) is 0 Å². The van der Waals surface area contributed by atoms with E-state index in [4.69, 9.17) is 4.74 Å². The maximum atomic E-state index is 11.5. The second kappa shape index (κ2) is 8.46. The molecule has 0 spiro atoms. The Kier molecular flexibility index (Phi) is 5.99. The lowest BCUT2D eigenvalue weighted by molar-refractivity contribution is 0.140. The number of rotatable bonds is 5. The van der Waals surface area contributed by atoms with Crippen molar-refractivity contribution in [2.45, 2.75) is 13.0 Å². The third-order valence-electron chi connectivity index (χ3n) is 2.97. The Hall–Kier alpha value is -2.82. The first-order chi connectivity index (χ1) is 10.7. The first-order valence-corrected chi connectivity index (χ1v) is 7.03. The molecule has 114 valence electrons. The van der Waals surface area contributed by atoms with Crippen LogP contribution in [0.25, 0.3) is 0 Å². The van der Waals surface area contributed by atoms with Crippen molar-refractivity contribution in [3.8, 4) is 0 Å². The highest BCUT2D eigenvalue weighted by atomic mass is 16.5. The first-order valence-electron chi connectivity index (χ1n) is 7.03. The van der Waals surface area contributed by atoms with E-state index in [9.17, 15) is 9.59 Å². The van der Waals surface area contributed by atoms with Crippen LogP contribution in [0.5, 0.6) is 0 Å². The van der Waals surface area contributed by atoms with Crippen LogP contribution < -0.4 is 10.6 Å². The van der Waals surface area contributed by atoms with E-state index in [0.29, 0.717) is 13.0 Å². The van der Waals surface area contributed by atoms with Gasteiger partial charge in [-0.15, -0.1) is 0 Å². The largest absolute Gasteiger partial charge is 0.444 e. The van der Waals surface area contributed by atoms with Crippen molar-refractivity contribution < 1.29 is 14.3 Å². The van der Waals surface area contributed by atoms with E-state index in [1.807, 2.05) is 60.7 Å². The monoisotopic (exact) mass is 298 g/mol. The quantitative estimate of drug-likeness (QED) is 0.892. The van der Waals surface area contributed by atoms with Crippen molar-refractivity contribution in [3.05, 3.63) is 71.8 Å². The zero-order valence-electron chi connectivity index (χ0n) is 12.1. The second-order valence-corrected chi connectivity index (χ2v) is 4.68. The second-order valence-electron chi connectivity index (χ2n) is 4.68. The van der Waals surface area contributed by atoms with Crippen molar-refractivity contribution in [2.75, 3.05) is 6.54 Å². The average molecular weight is 298 g/mol. The molecule has 0 saturated heterocycles. The van der Waals surface area contributed by atoms with Gasteiger partial charge in [-0.1, -0.05) is 60.7 Å². The number of hydrogen-bond acceptors (Lipinski definition) is 3. The molecule has 0 radical (unpaired) electrons. The van der Waals surface area contributed by atoms with E-state index >= 15 is 0 Å². The summed E-state index contributed by atoms with van der Waals surface area (Å²) in [5.74, 6) is 0. The van der Waals surface area contributed by atoms with E-state index in [-0.39, 0.29) is 6.61 Å². The van der Waals surface area contributed by atoms with Gasteiger partial charge in [0.2, 0.25) is 0 Å². The van der Waals surface area contributed by atoms with Crippen molar-refractivity contribution in [3.63, 3.8) is 0 Å². The molecule has 0 bridgehead atoms. The predicted molar refractivity (Wildman–Crippen MR) is 83.3 cm³/mol. The maximum absolute atomic E-state index is 11.5. The average Bonchev–Trinajstić information content (AvgIpc) is 2.55. The number of carbonyl (C=O) groups is 2. The molecule has 2 rings (SSSR count). The summed E-state index contributed by atoms with van der Waals surface area (Å²) in [6.45, 7) is 0.575. The Morgan fingerprint density at radius 2 is 1.45 bits per heavy atom. The lowest BCUT2D eigenvalue weighted by Crippen LogP contribution is -2.40. The van der Waals surface area contributed by atoms with Gasteiger partial charge in [0, 0.05) is 6.54 Å². The lowest BCUT2D eigenvalue weighted by atomic mass is 10.1. The summed E-state index contributed by atoms with van der Waals surface area (Å²) < 4.78 is 4.95. The molecule has 0 unspecified atom stereocenters. The van der Waals surface area contributed by atoms with Crippen LogP contribution in [0.2, 0.25) is 0 Å². The summed E-state index contributed by atoms with van der Waals surface area (Å²) in [6, 6.07) is 18.5. The maximum Gasteiger partial charge on any atom is 0.415 e. The number of imide groups is 1. The molecular weight excluding hydrogens is 280 g/mol. The Morgan fingerprint density at radius 1 is 0.864 bits per heavy atom. The van der Waals surface area contributed by atoms with E-state index < -0.39 is 12.1 Å². The first kappa shape index (κ1) is 15.6. The fraction of sp³-hybridized carbons (Fsp3) is 0.176. The van der Waals surface area contributed by atoms with Crippen LogP contribution in [0.15, 0.2) is 60.7 Å². The molecule has 2 aromatic rings. The fourth-order valence-corrected chi connectivity index (χ4v) is 1.86. The molecule has 0 aliphatic carbocycles. The molecule has 0 heterocycles. The highest BCUT2D eigenvalue weighted by molar-refractivity contribution is 5.90. The van der Waals surface area contributed by atoms with Crippen LogP contribution in [-0.2, 0) is 17.8 Å². The fourth-order valence-electron chi connectivity index (χ4n) is 1.86. The van der Waals surface area contributed by atoms with Crippen molar-refractivity contribution in [1.82, 2.24) is 10.6 Å². The Bertz CT molecular complexity index is 600. The van der Waals surface area contributed by atoms with Gasteiger partial charge in [-0.3, -0.25) is 0 Å². The number of amides is 3. The van der Waals surface area contributed by atoms with Crippen LogP contribution in [0, 0.1) is 0 Å². The Labute approximate surface area is 129 Å². The number of ether oxygens (including phenoxy) is 1.